The first-order valence-electron chi connectivity index (χ1n) is 10.7. The van der Waals surface area contributed by atoms with Gasteiger partial charge < -0.3 is 0 Å². The molecular formula is C24H34O5SiSn. The quantitative estimate of drug-likeness (QED) is 0.210. The number of carbonyl (C=O) groups is 1. The van der Waals surface area contributed by atoms with E-state index < -0.39 is 29.2 Å². The Bertz CT molecular complexity index is 821. The summed E-state index contributed by atoms with van der Waals surface area (Å²) in [6, 6.07) is 15.2. The summed E-state index contributed by atoms with van der Waals surface area (Å²) in [6.45, 7) is 9.98. The molecule has 5 nitrogen and oxygen atoms in total. The van der Waals surface area contributed by atoms with E-state index in [1.54, 1.807) is 13.2 Å². The molecule has 0 aliphatic carbocycles. The van der Waals surface area contributed by atoms with Crippen LogP contribution in [0, 0.1) is 0 Å². The van der Waals surface area contributed by atoms with Gasteiger partial charge in [-0.05, 0) is 0 Å². The molecular weight excluding hydrogens is 515 g/mol. The Hall–Kier alpha value is -1.51. The molecule has 0 atom stereocenters. The van der Waals surface area contributed by atoms with Crippen molar-refractivity contribution >= 4 is 38.8 Å². The number of benzene rings is 2. The Balaban J connectivity index is 2.34. The molecule has 0 N–H and O–H groups in total. The Kier molecular flexibility index (Phi) is 10.9. The number of hydrogen-bond donors (Lipinski definition) is 0. The van der Waals surface area contributed by atoms with Gasteiger partial charge in [-0.1, -0.05) is 0 Å². The van der Waals surface area contributed by atoms with Crippen molar-refractivity contribution < 1.29 is 23.7 Å². The minimum absolute atomic E-state index is 0.0600. The predicted octanol–water partition coefficient (Wildman–Crippen LogP) is 4.48. The van der Waals surface area contributed by atoms with Crippen LogP contribution >= 0.6 is 0 Å². The summed E-state index contributed by atoms with van der Waals surface area (Å²) in [6.07, 6.45) is 0.908. The molecule has 0 aliphatic heterocycles. The first-order valence-corrected chi connectivity index (χ1v) is 17.9. The average molecular weight is 549 g/mol. The summed E-state index contributed by atoms with van der Waals surface area (Å²) >= 11 is -0.936. The minimum atomic E-state index is -1.30. The number of rotatable bonds is 13. The molecule has 0 spiro atoms. The molecule has 2 aromatic rings. The van der Waals surface area contributed by atoms with E-state index in [1.165, 1.54) is 3.58 Å². The molecule has 0 bridgehead atoms. The average Bonchev–Trinajstić information content (AvgIpc) is 2.74. The van der Waals surface area contributed by atoms with E-state index in [2.05, 4.69) is 50.8 Å². The van der Waals surface area contributed by atoms with Crippen molar-refractivity contribution in [3.8, 4) is 11.5 Å². The van der Waals surface area contributed by atoms with Gasteiger partial charge in [0.2, 0.25) is 0 Å². The van der Waals surface area contributed by atoms with Crippen LogP contribution in [0.1, 0.15) is 29.3 Å². The van der Waals surface area contributed by atoms with Gasteiger partial charge in [0.05, 0.1) is 0 Å². The van der Waals surface area contributed by atoms with Crippen LogP contribution in [0.15, 0.2) is 42.5 Å². The zero-order valence-corrected chi connectivity index (χ0v) is 23.2. The van der Waals surface area contributed by atoms with Crippen LogP contribution in [0.3, 0.4) is 0 Å². The van der Waals surface area contributed by atoms with Crippen LogP contribution in [0.25, 0.3) is 0 Å². The number of ether oxygens (including phenoxy) is 4. The maximum absolute atomic E-state index is 13.1. The zero-order chi connectivity index (χ0) is 22.7. The van der Waals surface area contributed by atoms with Crippen LogP contribution in [0.2, 0.25) is 25.7 Å². The van der Waals surface area contributed by atoms with Crippen LogP contribution in [0.5, 0.6) is 11.5 Å². The first-order chi connectivity index (χ1) is 14.8. The second-order valence-electron chi connectivity index (χ2n) is 8.52. The molecule has 7 heteroatoms. The number of methoxy groups -OCH3 is 1. The predicted molar refractivity (Wildman–Crippen MR) is 129 cm³/mol. The number of carbonyl (C=O) groups excluding carboxylic acids is 1. The Labute approximate surface area is 197 Å². The SMILES string of the molecule is CCCOc1cc([CH2][Sn][c]2ccccc2)c(C(=O)OCC[Si](C)(C)C)c(OCOC)c1. The molecule has 0 heterocycles. The van der Waals surface area contributed by atoms with Gasteiger partial charge in [0.1, 0.15) is 0 Å². The fraction of sp³-hybridized carbons (Fsp3) is 0.458. The van der Waals surface area contributed by atoms with Crippen molar-refractivity contribution in [1.29, 1.82) is 0 Å². The number of esters is 1. The molecule has 0 saturated carbocycles. The fourth-order valence-electron chi connectivity index (χ4n) is 2.83. The zero-order valence-electron chi connectivity index (χ0n) is 19.3. The van der Waals surface area contributed by atoms with Gasteiger partial charge in [-0.25, -0.2) is 0 Å². The summed E-state index contributed by atoms with van der Waals surface area (Å²) in [5, 5.41) is 0. The molecule has 0 aromatic heterocycles. The van der Waals surface area contributed by atoms with Crippen LogP contribution in [-0.2, 0) is 13.9 Å². The summed E-state index contributed by atoms with van der Waals surface area (Å²) in [5.41, 5.74) is 1.45. The van der Waals surface area contributed by atoms with Crippen molar-refractivity contribution in [1.82, 2.24) is 0 Å². The Morgan fingerprint density at radius 2 is 1.77 bits per heavy atom. The van der Waals surface area contributed by atoms with E-state index in [0.29, 0.717) is 30.3 Å². The third-order valence-corrected chi connectivity index (χ3v) is 9.92. The molecule has 0 amide bonds. The van der Waals surface area contributed by atoms with Crippen molar-refractivity contribution in [2.75, 3.05) is 27.1 Å². The Morgan fingerprint density at radius 1 is 1.03 bits per heavy atom. The molecule has 0 unspecified atom stereocenters. The second-order valence-corrected chi connectivity index (χ2v) is 17.8. The van der Waals surface area contributed by atoms with E-state index in [-0.39, 0.29) is 12.8 Å². The van der Waals surface area contributed by atoms with E-state index in [9.17, 15) is 4.79 Å². The molecule has 2 aromatic carbocycles. The van der Waals surface area contributed by atoms with E-state index in [1.807, 2.05) is 12.1 Å². The summed E-state index contributed by atoms with van der Waals surface area (Å²) in [5.74, 6) is 0.860. The molecule has 0 aliphatic rings. The van der Waals surface area contributed by atoms with Gasteiger partial charge in [0, 0.05) is 0 Å². The topological polar surface area (TPSA) is 54.0 Å². The second kappa shape index (κ2) is 13.1. The third-order valence-electron chi connectivity index (χ3n) is 4.51. The molecule has 2 radical (unpaired) electrons. The van der Waals surface area contributed by atoms with Gasteiger partial charge in [0.15, 0.2) is 0 Å². The maximum atomic E-state index is 13.1. The summed E-state index contributed by atoms with van der Waals surface area (Å²) < 4.78 is 24.7. The standard InChI is InChI=1S/C18H29O5Si.C6H5.Sn/c1-7-8-21-15-11-14(2)17(16(12-15)23-13-20-3)18(19)22-9-10-24(4,5)6;1-2-4-6-5-3-1;/h11-12H,2,7-10,13H2,1,3-6H3;1-5H;. The molecule has 2 rings (SSSR count). The Morgan fingerprint density at radius 3 is 2.42 bits per heavy atom. The normalized spacial score (nSPS) is 11.3. The van der Waals surface area contributed by atoms with Crippen molar-refractivity contribution in [2.45, 2.75) is 43.5 Å². The van der Waals surface area contributed by atoms with Gasteiger partial charge in [0.25, 0.3) is 0 Å². The monoisotopic (exact) mass is 550 g/mol. The van der Waals surface area contributed by atoms with E-state index in [0.717, 1.165) is 22.5 Å². The van der Waals surface area contributed by atoms with Crippen molar-refractivity contribution in [3.63, 3.8) is 0 Å². The third kappa shape index (κ3) is 9.25. The molecule has 31 heavy (non-hydrogen) atoms. The van der Waals surface area contributed by atoms with Crippen LogP contribution < -0.4 is 13.1 Å². The van der Waals surface area contributed by atoms with Crippen LogP contribution in [0.4, 0.5) is 0 Å². The van der Waals surface area contributed by atoms with Crippen molar-refractivity contribution in [2.24, 2.45) is 0 Å². The molecule has 168 valence electrons. The van der Waals surface area contributed by atoms with Gasteiger partial charge in [-0.15, -0.1) is 0 Å². The molecule has 0 saturated heterocycles. The number of hydrogen-bond acceptors (Lipinski definition) is 5. The summed E-state index contributed by atoms with van der Waals surface area (Å²) in [7, 11) is 0.267. The van der Waals surface area contributed by atoms with Gasteiger partial charge in [-0.2, -0.15) is 0 Å². The molecule has 0 fully saturated rings. The summed E-state index contributed by atoms with van der Waals surface area (Å²) in [4.78, 5) is 13.1. The van der Waals surface area contributed by atoms with Gasteiger partial charge in [-0.3, -0.25) is 0 Å². The first kappa shape index (κ1) is 25.7. The van der Waals surface area contributed by atoms with Crippen LogP contribution in [-0.4, -0.2) is 62.3 Å². The van der Waals surface area contributed by atoms with E-state index in [4.69, 9.17) is 18.9 Å². The van der Waals surface area contributed by atoms with Crippen molar-refractivity contribution in [3.05, 3.63) is 53.6 Å². The van der Waals surface area contributed by atoms with Gasteiger partial charge >= 0.3 is 198 Å². The fourth-order valence-corrected chi connectivity index (χ4v) is 6.69. The van der Waals surface area contributed by atoms with E-state index >= 15 is 0 Å².